The minimum Gasteiger partial charge on any atom is -0.325 e. The molecule has 0 aliphatic rings. The zero-order chi connectivity index (χ0) is 23.8. The lowest BCUT2D eigenvalue weighted by Crippen LogP contribution is -2.22. The Bertz CT molecular complexity index is 1190. The molecule has 34 heavy (non-hydrogen) atoms. The van der Waals surface area contributed by atoms with E-state index in [0.717, 1.165) is 16.8 Å². The number of aromatic nitrogens is 1. The number of hydrogen-bond acceptors (Lipinski definition) is 5. The molecule has 8 heteroatoms. The van der Waals surface area contributed by atoms with Gasteiger partial charge in [-0.1, -0.05) is 60.7 Å². The summed E-state index contributed by atoms with van der Waals surface area (Å²) in [5, 5.41) is 8.07. The van der Waals surface area contributed by atoms with Crippen molar-refractivity contribution >= 4 is 45.7 Å². The van der Waals surface area contributed by atoms with Crippen LogP contribution in [0.5, 0.6) is 0 Å². The molecule has 2 N–H and O–H groups in total. The van der Waals surface area contributed by atoms with E-state index >= 15 is 0 Å². The fourth-order valence-electron chi connectivity index (χ4n) is 3.37. The smallest absolute Gasteiger partial charge is 0.238 e. The molecular weight excluding hydrogens is 469 g/mol. The normalized spacial score (nSPS) is 10.8. The second kappa shape index (κ2) is 11.6. The van der Waals surface area contributed by atoms with Crippen molar-refractivity contribution in [3.63, 3.8) is 0 Å². The van der Waals surface area contributed by atoms with Gasteiger partial charge in [0.15, 0.2) is 5.13 Å². The first-order chi connectivity index (χ1) is 16.6. The van der Waals surface area contributed by atoms with Crippen molar-refractivity contribution in [3.8, 4) is 0 Å². The molecule has 0 spiro atoms. The summed E-state index contributed by atoms with van der Waals surface area (Å²) in [7, 11) is 0. The van der Waals surface area contributed by atoms with Crippen LogP contribution in [-0.4, -0.2) is 22.6 Å². The van der Waals surface area contributed by atoms with Crippen LogP contribution in [0.25, 0.3) is 0 Å². The Labute approximate surface area is 205 Å². The molecule has 2 amide bonds. The van der Waals surface area contributed by atoms with Gasteiger partial charge in [-0.2, -0.15) is 0 Å². The van der Waals surface area contributed by atoms with Gasteiger partial charge < -0.3 is 10.6 Å². The molecule has 0 radical (unpaired) electrons. The van der Waals surface area contributed by atoms with E-state index in [0.29, 0.717) is 16.6 Å². The summed E-state index contributed by atoms with van der Waals surface area (Å²) in [4.78, 5) is 29.8. The van der Waals surface area contributed by atoms with Crippen LogP contribution in [0.1, 0.15) is 22.7 Å². The Morgan fingerprint density at radius 2 is 1.50 bits per heavy atom. The van der Waals surface area contributed by atoms with Crippen molar-refractivity contribution in [2.45, 2.75) is 11.7 Å². The maximum atomic E-state index is 13.2. The molecule has 4 rings (SSSR count). The highest BCUT2D eigenvalue weighted by Gasteiger charge is 2.23. The molecule has 0 aliphatic carbocycles. The zero-order valence-corrected chi connectivity index (χ0v) is 19.7. The van der Waals surface area contributed by atoms with E-state index in [1.807, 2.05) is 66.0 Å². The molecule has 0 saturated carbocycles. The average Bonchev–Trinajstić information content (AvgIpc) is 3.29. The maximum Gasteiger partial charge on any atom is 0.238 e. The second-order valence-corrected chi connectivity index (χ2v) is 9.28. The Balaban J connectivity index is 1.33. The van der Waals surface area contributed by atoms with Crippen molar-refractivity contribution in [3.05, 3.63) is 113 Å². The molecule has 4 aromatic rings. The molecule has 0 fully saturated rings. The van der Waals surface area contributed by atoms with Gasteiger partial charge >= 0.3 is 0 Å². The van der Waals surface area contributed by atoms with E-state index in [1.54, 1.807) is 0 Å². The third-order valence-electron chi connectivity index (χ3n) is 4.92. The summed E-state index contributed by atoms with van der Waals surface area (Å²) >= 11 is 2.77. The number of anilines is 2. The standard InChI is InChI=1S/C26H22FN3O2S2/c27-20-11-13-21(14-12-20)28-23(31)17-33-15-22-16-34-26(29-22)30-25(32)24(18-7-3-1-4-8-18)19-9-5-2-6-10-19/h1-14,16,24H,15,17H2,(H,28,31)(H,29,30,32). The molecular formula is C26H22FN3O2S2. The average molecular weight is 492 g/mol. The summed E-state index contributed by atoms with van der Waals surface area (Å²) in [5.41, 5.74) is 3.16. The highest BCUT2D eigenvalue weighted by atomic mass is 32.2. The van der Waals surface area contributed by atoms with Gasteiger partial charge in [-0.25, -0.2) is 9.37 Å². The summed E-state index contributed by atoms with van der Waals surface area (Å²) < 4.78 is 13.0. The highest BCUT2D eigenvalue weighted by Crippen LogP contribution is 2.27. The fourth-order valence-corrected chi connectivity index (χ4v) is 4.91. The van der Waals surface area contributed by atoms with Crippen molar-refractivity contribution in [1.82, 2.24) is 4.98 Å². The van der Waals surface area contributed by atoms with Gasteiger partial charge in [0, 0.05) is 16.8 Å². The van der Waals surface area contributed by atoms with Crippen LogP contribution in [0.4, 0.5) is 15.2 Å². The number of hydrogen-bond donors (Lipinski definition) is 2. The van der Waals surface area contributed by atoms with Gasteiger partial charge in [0.2, 0.25) is 11.8 Å². The molecule has 1 aromatic heterocycles. The molecule has 172 valence electrons. The van der Waals surface area contributed by atoms with Crippen LogP contribution in [0.3, 0.4) is 0 Å². The van der Waals surface area contributed by atoms with Crippen LogP contribution in [0.15, 0.2) is 90.3 Å². The zero-order valence-electron chi connectivity index (χ0n) is 18.1. The molecule has 0 bridgehead atoms. The van der Waals surface area contributed by atoms with Crippen molar-refractivity contribution in [2.75, 3.05) is 16.4 Å². The van der Waals surface area contributed by atoms with Gasteiger partial charge in [0.25, 0.3) is 0 Å². The van der Waals surface area contributed by atoms with Crippen LogP contribution in [-0.2, 0) is 15.3 Å². The number of carbonyl (C=O) groups is 2. The second-order valence-electron chi connectivity index (χ2n) is 7.44. The van der Waals surface area contributed by atoms with E-state index < -0.39 is 5.92 Å². The highest BCUT2D eigenvalue weighted by molar-refractivity contribution is 7.99. The summed E-state index contributed by atoms with van der Waals surface area (Å²) in [5.74, 6) is -0.347. The van der Waals surface area contributed by atoms with E-state index in [4.69, 9.17) is 0 Å². The minimum absolute atomic E-state index is 0.148. The van der Waals surface area contributed by atoms with Gasteiger partial charge in [0.05, 0.1) is 17.4 Å². The summed E-state index contributed by atoms with van der Waals surface area (Å²) in [6, 6.07) is 24.9. The number of rotatable bonds is 9. The van der Waals surface area contributed by atoms with E-state index in [-0.39, 0.29) is 23.4 Å². The summed E-state index contributed by atoms with van der Waals surface area (Å²) in [6.45, 7) is 0. The first-order valence-electron chi connectivity index (χ1n) is 10.6. The third kappa shape index (κ3) is 6.52. The van der Waals surface area contributed by atoms with E-state index in [2.05, 4.69) is 15.6 Å². The largest absolute Gasteiger partial charge is 0.325 e. The number of halogens is 1. The first-order valence-corrected chi connectivity index (χ1v) is 12.6. The molecule has 5 nitrogen and oxygen atoms in total. The molecule has 0 unspecified atom stereocenters. The predicted molar refractivity (Wildman–Crippen MR) is 137 cm³/mol. The SMILES string of the molecule is O=C(CSCc1csc(NC(=O)C(c2ccccc2)c2ccccc2)n1)Nc1ccc(F)cc1. The van der Waals surface area contributed by atoms with Crippen LogP contribution >= 0.6 is 23.1 Å². The van der Waals surface area contributed by atoms with E-state index in [9.17, 15) is 14.0 Å². The molecule has 3 aromatic carbocycles. The maximum absolute atomic E-state index is 13.2. The number of benzene rings is 3. The lowest BCUT2D eigenvalue weighted by molar-refractivity contribution is -0.117. The topological polar surface area (TPSA) is 71.1 Å². The molecule has 1 heterocycles. The number of nitrogens with one attached hydrogen (secondary N) is 2. The van der Waals surface area contributed by atoms with Gasteiger partial charge in [-0.3, -0.25) is 9.59 Å². The van der Waals surface area contributed by atoms with Gasteiger partial charge in [-0.05, 0) is 35.4 Å². The minimum atomic E-state index is -0.445. The third-order valence-corrected chi connectivity index (χ3v) is 6.69. The number of amides is 2. The lowest BCUT2D eigenvalue weighted by Gasteiger charge is -2.17. The van der Waals surface area contributed by atoms with Crippen molar-refractivity contribution < 1.29 is 14.0 Å². The molecule has 0 aliphatic heterocycles. The predicted octanol–water partition coefficient (Wildman–Crippen LogP) is 5.92. The lowest BCUT2D eigenvalue weighted by atomic mass is 9.90. The Hall–Kier alpha value is -3.49. The van der Waals surface area contributed by atoms with Crippen LogP contribution in [0.2, 0.25) is 0 Å². The number of nitrogens with zero attached hydrogens (tertiary/aromatic N) is 1. The number of thiazole rings is 1. The Morgan fingerprint density at radius 3 is 2.12 bits per heavy atom. The molecule has 0 saturated heterocycles. The molecule has 0 atom stereocenters. The van der Waals surface area contributed by atoms with Crippen LogP contribution in [0, 0.1) is 5.82 Å². The van der Waals surface area contributed by atoms with Gasteiger partial charge in [0.1, 0.15) is 5.82 Å². The van der Waals surface area contributed by atoms with E-state index in [1.165, 1.54) is 47.4 Å². The van der Waals surface area contributed by atoms with Crippen LogP contribution < -0.4 is 10.6 Å². The monoisotopic (exact) mass is 491 g/mol. The van der Waals surface area contributed by atoms with Gasteiger partial charge in [-0.15, -0.1) is 23.1 Å². The quantitative estimate of drug-likeness (QED) is 0.305. The van der Waals surface area contributed by atoms with Crippen molar-refractivity contribution in [1.29, 1.82) is 0 Å². The number of thioether (sulfide) groups is 1. The Morgan fingerprint density at radius 1 is 0.882 bits per heavy atom. The fraction of sp³-hybridized carbons (Fsp3) is 0.115. The Kier molecular flexibility index (Phi) is 8.06. The van der Waals surface area contributed by atoms with Crippen molar-refractivity contribution in [2.24, 2.45) is 0 Å². The first kappa shape index (κ1) is 23.7. The number of carbonyl (C=O) groups excluding carboxylic acids is 2. The summed E-state index contributed by atoms with van der Waals surface area (Å²) in [6.07, 6.45) is 0.